The predicted octanol–water partition coefficient (Wildman–Crippen LogP) is 2.02. The maximum atomic E-state index is 11.8. The smallest absolute Gasteiger partial charge is 0.337 e. The van der Waals surface area contributed by atoms with Crippen LogP contribution in [0.1, 0.15) is 36.2 Å². The van der Waals surface area contributed by atoms with E-state index in [1.165, 1.54) is 6.07 Å². The van der Waals surface area contributed by atoms with E-state index in [0.29, 0.717) is 12.2 Å². The van der Waals surface area contributed by atoms with Gasteiger partial charge < -0.3 is 15.7 Å². The second-order valence-corrected chi connectivity index (χ2v) is 4.51. The Hall–Kier alpha value is -2.04. The monoisotopic (exact) mass is 264 g/mol. The van der Waals surface area contributed by atoms with Crippen molar-refractivity contribution in [2.24, 2.45) is 0 Å². The molecule has 104 valence electrons. The van der Waals surface area contributed by atoms with Gasteiger partial charge in [-0.05, 0) is 38.0 Å². The molecule has 0 aliphatic rings. The van der Waals surface area contributed by atoms with Gasteiger partial charge in [0.1, 0.15) is 6.04 Å². The van der Waals surface area contributed by atoms with Gasteiger partial charge in [-0.3, -0.25) is 4.79 Å². The van der Waals surface area contributed by atoms with Crippen molar-refractivity contribution >= 4 is 17.6 Å². The zero-order valence-corrected chi connectivity index (χ0v) is 11.5. The number of aryl methyl sites for hydroxylation is 1. The van der Waals surface area contributed by atoms with Crippen LogP contribution in [0.3, 0.4) is 0 Å². The second-order valence-electron chi connectivity index (χ2n) is 4.51. The molecule has 0 aliphatic heterocycles. The maximum Gasteiger partial charge on any atom is 0.337 e. The third-order valence-corrected chi connectivity index (χ3v) is 2.72. The van der Waals surface area contributed by atoms with Gasteiger partial charge in [-0.15, -0.1) is 0 Å². The number of anilines is 1. The summed E-state index contributed by atoms with van der Waals surface area (Å²) in [5.74, 6) is -1.15. The number of carbonyl (C=O) groups is 2. The van der Waals surface area contributed by atoms with Gasteiger partial charge in [-0.25, -0.2) is 4.79 Å². The van der Waals surface area contributed by atoms with Crippen molar-refractivity contribution in [2.75, 3.05) is 11.9 Å². The van der Waals surface area contributed by atoms with Crippen LogP contribution in [0, 0.1) is 6.92 Å². The molecule has 0 aromatic heterocycles. The molecule has 1 unspecified atom stereocenters. The quantitative estimate of drug-likeness (QED) is 0.734. The van der Waals surface area contributed by atoms with Crippen LogP contribution in [0.5, 0.6) is 0 Å². The number of aromatic carboxylic acids is 1. The molecule has 5 nitrogen and oxygen atoms in total. The lowest BCUT2D eigenvalue weighted by atomic mass is 10.1. The Kier molecular flexibility index (Phi) is 5.36. The van der Waals surface area contributed by atoms with Crippen LogP contribution in [0.4, 0.5) is 5.69 Å². The molecule has 3 N–H and O–H groups in total. The van der Waals surface area contributed by atoms with E-state index in [4.69, 9.17) is 5.11 Å². The molecule has 19 heavy (non-hydrogen) atoms. The summed E-state index contributed by atoms with van der Waals surface area (Å²) in [5, 5.41) is 14.8. The Balaban J connectivity index is 2.83. The first-order valence-electron chi connectivity index (χ1n) is 6.34. The van der Waals surface area contributed by atoms with Gasteiger partial charge in [0.15, 0.2) is 0 Å². The minimum atomic E-state index is -1.01. The maximum absolute atomic E-state index is 11.8. The van der Waals surface area contributed by atoms with Crippen LogP contribution in [0.25, 0.3) is 0 Å². The van der Waals surface area contributed by atoms with E-state index in [0.717, 1.165) is 12.0 Å². The second kappa shape index (κ2) is 6.78. The zero-order valence-electron chi connectivity index (χ0n) is 11.5. The normalized spacial score (nSPS) is 11.7. The van der Waals surface area contributed by atoms with Gasteiger partial charge >= 0.3 is 5.97 Å². The van der Waals surface area contributed by atoms with Crippen molar-refractivity contribution in [3.05, 3.63) is 29.3 Å². The van der Waals surface area contributed by atoms with Crippen LogP contribution in [-0.2, 0) is 4.79 Å². The Morgan fingerprint density at radius 1 is 1.37 bits per heavy atom. The fourth-order valence-electron chi connectivity index (χ4n) is 1.66. The first kappa shape index (κ1) is 15.0. The first-order valence-corrected chi connectivity index (χ1v) is 6.34. The SMILES string of the molecule is CCCNC(=O)C(C)Nc1cc(C)ccc1C(=O)O. The van der Waals surface area contributed by atoms with Crippen LogP contribution in [0.15, 0.2) is 18.2 Å². The molecule has 1 rings (SSSR count). The van der Waals surface area contributed by atoms with Gasteiger partial charge in [0, 0.05) is 12.2 Å². The molecular formula is C14H20N2O3. The summed E-state index contributed by atoms with van der Waals surface area (Å²) in [6.07, 6.45) is 0.864. The molecule has 0 spiro atoms. The van der Waals surface area contributed by atoms with Gasteiger partial charge in [0.05, 0.1) is 5.56 Å². The lowest BCUT2D eigenvalue weighted by molar-refractivity contribution is -0.121. The highest BCUT2D eigenvalue weighted by Crippen LogP contribution is 2.18. The molecule has 1 aromatic carbocycles. The Labute approximate surface area is 113 Å². The van der Waals surface area contributed by atoms with E-state index >= 15 is 0 Å². The number of rotatable bonds is 6. The number of nitrogens with one attached hydrogen (secondary N) is 2. The summed E-state index contributed by atoms with van der Waals surface area (Å²) in [4.78, 5) is 22.9. The topological polar surface area (TPSA) is 78.4 Å². The Morgan fingerprint density at radius 3 is 2.63 bits per heavy atom. The van der Waals surface area contributed by atoms with E-state index in [1.54, 1.807) is 19.1 Å². The van der Waals surface area contributed by atoms with Gasteiger partial charge in [-0.2, -0.15) is 0 Å². The number of carboxylic acid groups (broad SMARTS) is 1. The minimum absolute atomic E-state index is 0.139. The Bertz CT molecular complexity index is 472. The van der Waals surface area contributed by atoms with Gasteiger partial charge in [-0.1, -0.05) is 13.0 Å². The molecule has 0 bridgehead atoms. The summed E-state index contributed by atoms with van der Waals surface area (Å²) in [5.41, 5.74) is 1.57. The molecule has 5 heteroatoms. The zero-order chi connectivity index (χ0) is 14.4. The van der Waals surface area contributed by atoms with Crippen LogP contribution < -0.4 is 10.6 Å². The van der Waals surface area contributed by atoms with Gasteiger partial charge in [0.2, 0.25) is 5.91 Å². The molecule has 0 heterocycles. The minimum Gasteiger partial charge on any atom is -0.478 e. The van der Waals surface area contributed by atoms with Crippen molar-refractivity contribution in [3.8, 4) is 0 Å². The van der Waals surface area contributed by atoms with E-state index in [2.05, 4.69) is 10.6 Å². The number of carboxylic acids is 1. The molecular weight excluding hydrogens is 244 g/mol. The van der Waals surface area contributed by atoms with Crippen LogP contribution in [0.2, 0.25) is 0 Å². The third-order valence-electron chi connectivity index (χ3n) is 2.72. The first-order chi connectivity index (χ1) is 8.95. The molecule has 1 aromatic rings. The average Bonchev–Trinajstić information content (AvgIpc) is 2.35. The summed E-state index contributed by atoms with van der Waals surface area (Å²) in [6.45, 7) is 6.17. The number of amides is 1. The number of benzene rings is 1. The summed E-state index contributed by atoms with van der Waals surface area (Å²) in [7, 11) is 0. The average molecular weight is 264 g/mol. The molecule has 0 saturated carbocycles. The highest BCUT2D eigenvalue weighted by Gasteiger charge is 2.16. The predicted molar refractivity (Wildman–Crippen MR) is 74.5 cm³/mol. The summed E-state index contributed by atoms with van der Waals surface area (Å²) >= 11 is 0. The number of hydrogen-bond donors (Lipinski definition) is 3. The van der Waals surface area contributed by atoms with Gasteiger partial charge in [0.25, 0.3) is 0 Å². The Morgan fingerprint density at radius 2 is 2.05 bits per heavy atom. The lowest BCUT2D eigenvalue weighted by Gasteiger charge is -2.17. The number of hydrogen-bond acceptors (Lipinski definition) is 3. The molecule has 0 aliphatic carbocycles. The van der Waals surface area contributed by atoms with Crippen molar-refractivity contribution in [1.29, 1.82) is 0 Å². The third kappa shape index (κ3) is 4.28. The number of carbonyl (C=O) groups excluding carboxylic acids is 1. The molecule has 0 saturated heterocycles. The molecule has 0 fully saturated rings. The molecule has 1 atom stereocenters. The van der Waals surface area contributed by atoms with E-state index in [-0.39, 0.29) is 11.5 Å². The van der Waals surface area contributed by atoms with E-state index in [1.807, 2.05) is 13.8 Å². The summed E-state index contributed by atoms with van der Waals surface area (Å²) < 4.78 is 0. The summed E-state index contributed by atoms with van der Waals surface area (Å²) in [6, 6.07) is 4.52. The van der Waals surface area contributed by atoms with Crippen molar-refractivity contribution in [3.63, 3.8) is 0 Å². The van der Waals surface area contributed by atoms with Crippen molar-refractivity contribution < 1.29 is 14.7 Å². The fraction of sp³-hybridized carbons (Fsp3) is 0.429. The standard InChI is InChI=1S/C14H20N2O3/c1-4-7-15-13(17)10(3)16-12-8-9(2)5-6-11(12)14(18)19/h5-6,8,10,16H,4,7H2,1-3H3,(H,15,17)(H,18,19). The van der Waals surface area contributed by atoms with E-state index < -0.39 is 12.0 Å². The largest absolute Gasteiger partial charge is 0.478 e. The van der Waals surface area contributed by atoms with Crippen molar-refractivity contribution in [1.82, 2.24) is 5.32 Å². The van der Waals surface area contributed by atoms with Crippen LogP contribution in [-0.4, -0.2) is 29.6 Å². The highest BCUT2D eigenvalue weighted by molar-refractivity contribution is 5.95. The van der Waals surface area contributed by atoms with Crippen LogP contribution >= 0.6 is 0 Å². The molecule has 0 radical (unpaired) electrons. The fourth-order valence-corrected chi connectivity index (χ4v) is 1.66. The van der Waals surface area contributed by atoms with Crippen molar-refractivity contribution in [2.45, 2.75) is 33.2 Å². The lowest BCUT2D eigenvalue weighted by Crippen LogP contribution is -2.38. The van der Waals surface area contributed by atoms with E-state index in [9.17, 15) is 9.59 Å². The molecule has 1 amide bonds. The highest BCUT2D eigenvalue weighted by atomic mass is 16.4.